The van der Waals surface area contributed by atoms with Crippen LogP contribution in [0.3, 0.4) is 0 Å². The highest BCUT2D eigenvalue weighted by atomic mass is 32.2. The Kier molecular flexibility index (Phi) is 12.9. The molecule has 0 saturated heterocycles. The lowest BCUT2D eigenvalue weighted by molar-refractivity contribution is -0.679. The van der Waals surface area contributed by atoms with Crippen LogP contribution in [0.1, 0.15) is 24.8 Å². The normalized spacial score (nSPS) is 9.52. The highest BCUT2D eigenvalue weighted by Crippen LogP contribution is 2.17. The number of thioether (sulfide) groups is 1. The zero-order valence-corrected chi connectivity index (χ0v) is 13.9. The van der Waals surface area contributed by atoms with Gasteiger partial charge >= 0.3 is 5.97 Å². The number of carbonyl (C=O) groups excluding carboxylic acids is 1. The molecule has 0 radical (unpaired) electrons. The molecule has 0 bridgehead atoms. The second kappa shape index (κ2) is 13.7. The van der Waals surface area contributed by atoms with Crippen LogP contribution in [0.5, 0.6) is 5.75 Å². The Bertz CT molecular complexity index is 388. The average Bonchev–Trinajstić information content (AvgIpc) is 2.48. The topological polar surface area (TPSA) is 72.4 Å². The molecule has 3 N–H and O–H groups in total. The molecule has 0 fully saturated rings. The number of esters is 1. The average molecular weight is 316 g/mol. The molecule has 0 atom stereocenters. The maximum atomic E-state index is 10.9. The van der Waals surface area contributed by atoms with Gasteiger partial charge in [-0.1, -0.05) is 12.1 Å². The molecule has 0 aliphatic carbocycles. The zero-order valence-electron chi connectivity index (χ0n) is 13.1. The van der Waals surface area contributed by atoms with Crippen molar-refractivity contribution in [1.82, 2.24) is 0 Å². The van der Waals surface area contributed by atoms with E-state index in [4.69, 9.17) is 4.74 Å². The first-order valence-corrected chi connectivity index (χ1v) is 8.13. The van der Waals surface area contributed by atoms with Gasteiger partial charge in [0.1, 0.15) is 5.75 Å². The SMILES string of the molecule is COC(=O)CCCCOc1cccc(CSC)c1.CO[NH3+]. The largest absolute Gasteiger partial charge is 0.494 e. The van der Waals surface area contributed by atoms with Crippen molar-refractivity contribution in [2.45, 2.75) is 25.0 Å². The first kappa shape index (κ1) is 19.8. The van der Waals surface area contributed by atoms with Crippen molar-refractivity contribution in [1.29, 1.82) is 0 Å². The van der Waals surface area contributed by atoms with E-state index in [1.54, 1.807) is 11.8 Å². The Labute approximate surface area is 131 Å². The Balaban J connectivity index is 0.00000122. The molecule has 1 aromatic rings. The van der Waals surface area contributed by atoms with Gasteiger partial charge in [0.05, 0.1) is 20.8 Å². The molecule has 120 valence electrons. The number of quaternary nitrogens is 1. The Morgan fingerprint density at radius 1 is 1.29 bits per heavy atom. The van der Waals surface area contributed by atoms with Crippen LogP contribution in [-0.2, 0) is 20.1 Å². The van der Waals surface area contributed by atoms with Gasteiger partial charge in [-0.3, -0.25) is 4.79 Å². The van der Waals surface area contributed by atoms with E-state index >= 15 is 0 Å². The fraction of sp³-hybridized carbons (Fsp3) is 0.533. The van der Waals surface area contributed by atoms with Crippen LogP contribution in [0.25, 0.3) is 0 Å². The molecule has 0 saturated carbocycles. The third-order valence-electron chi connectivity index (χ3n) is 2.48. The number of benzene rings is 1. The van der Waals surface area contributed by atoms with Gasteiger partial charge in [0.25, 0.3) is 0 Å². The van der Waals surface area contributed by atoms with E-state index in [1.807, 2.05) is 12.1 Å². The van der Waals surface area contributed by atoms with Crippen molar-refractivity contribution >= 4 is 17.7 Å². The van der Waals surface area contributed by atoms with Gasteiger partial charge in [-0.2, -0.15) is 11.8 Å². The van der Waals surface area contributed by atoms with Crippen molar-refractivity contribution in [3.63, 3.8) is 0 Å². The first-order chi connectivity index (χ1) is 10.2. The van der Waals surface area contributed by atoms with E-state index in [1.165, 1.54) is 19.8 Å². The minimum absolute atomic E-state index is 0.156. The lowest BCUT2D eigenvalue weighted by Gasteiger charge is -2.07. The summed E-state index contributed by atoms with van der Waals surface area (Å²) in [4.78, 5) is 14.9. The number of rotatable bonds is 8. The standard InChI is InChI=1S/C14H20O3S.CH6NO/c1-16-14(15)8-3-4-9-17-13-7-5-6-12(10-13)11-18-2;1-3-2/h5-7,10H,3-4,8-9,11H2,1-2H3;1-2H3/q;+1. The predicted molar refractivity (Wildman–Crippen MR) is 84.9 cm³/mol. The summed E-state index contributed by atoms with van der Waals surface area (Å²) in [5, 5.41) is 0. The summed E-state index contributed by atoms with van der Waals surface area (Å²) in [7, 11) is 2.93. The summed E-state index contributed by atoms with van der Waals surface area (Å²) in [6.07, 6.45) is 4.21. The molecule has 1 rings (SSSR count). The van der Waals surface area contributed by atoms with Gasteiger partial charge in [-0.05, 0) is 36.8 Å². The molecule has 0 heterocycles. The second-order valence-corrected chi connectivity index (χ2v) is 5.12. The van der Waals surface area contributed by atoms with Crippen LogP contribution in [0.2, 0.25) is 0 Å². The monoisotopic (exact) mass is 316 g/mol. The zero-order chi connectivity index (χ0) is 15.9. The van der Waals surface area contributed by atoms with Crippen molar-refractivity contribution in [3.8, 4) is 5.75 Å². The van der Waals surface area contributed by atoms with Crippen molar-refractivity contribution in [3.05, 3.63) is 29.8 Å². The molecule has 0 unspecified atom stereocenters. The molecule has 0 aromatic heterocycles. The summed E-state index contributed by atoms with van der Waals surface area (Å²) < 4.78 is 10.2. The summed E-state index contributed by atoms with van der Waals surface area (Å²) in [5.41, 5.74) is 1.27. The van der Waals surface area contributed by atoms with Gasteiger partial charge in [-0.15, -0.1) is 0 Å². The van der Waals surface area contributed by atoms with E-state index in [0.717, 1.165) is 24.3 Å². The Hall–Kier alpha value is -1.24. The molecule has 5 nitrogen and oxygen atoms in total. The summed E-state index contributed by atoms with van der Waals surface area (Å²) >= 11 is 1.79. The molecular weight excluding hydrogens is 290 g/mol. The number of hydrogen-bond acceptors (Lipinski definition) is 5. The second-order valence-electron chi connectivity index (χ2n) is 4.25. The molecule has 0 aliphatic rings. The number of methoxy groups -OCH3 is 1. The number of hydrogen-bond donors (Lipinski definition) is 1. The van der Waals surface area contributed by atoms with Crippen molar-refractivity contribution < 1.29 is 25.0 Å². The van der Waals surface area contributed by atoms with Crippen LogP contribution in [0.4, 0.5) is 0 Å². The van der Waals surface area contributed by atoms with Crippen LogP contribution >= 0.6 is 11.8 Å². The molecule has 0 amide bonds. The van der Waals surface area contributed by atoms with Gasteiger partial charge in [0.2, 0.25) is 0 Å². The van der Waals surface area contributed by atoms with E-state index in [2.05, 4.69) is 33.9 Å². The van der Waals surface area contributed by atoms with Crippen LogP contribution in [0, 0.1) is 0 Å². The Morgan fingerprint density at radius 2 is 2.00 bits per heavy atom. The number of unbranched alkanes of at least 4 members (excludes halogenated alkanes) is 1. The molecular formula is C15H26NO4S+. The number of ether oxygens (including phenoxy) is 2. The summed E-state index contributed by atoms with van der Waals surface area (Å²) in [6.45, 7) is 0.639. The quantitative estimate of drug-likeness (QED) is 0.451. The van der Waals surface area contributed by atoms with E-state index < -0.39 is 0 Å². The molecule has 6 heteroatoms. The smallest absolute Gasteiger partial charge is 0.305 e. The summed E-state index contributed by atoms with van der Waals surface area (Å²) in [6, 6.07) is 8.14. The molecule has 1 aromatic carbocycles. The van der Waals surface area contributed by atoms with E-state index in [9.17, 15) is 4.79 Å². The lowest BCUT2D eigenvalue weighted by atomic mass is 10.2. The summed E-state index contributed by atoms with van der Waals surface area (Å²) in [5.74, 6) is 4.73. The number of carbonyl (C=O) groups is 1. The van der Waals surface area contributed by atoms with Gasteiger partial charge in [0, 0.05) is 12.2 Å². The van der Waals surface area contributed by atoms with Crippen LogP contribution < -0.4 is 10.6 Å². The van der Waals surface area contributed by atoms with Crippen molar-refractivity contribution in [2.75, 3.05) is 27.1 Å². The maximum absolute atomic E-state index is 10.9. The highest BCUT2D eigenvalue weighted by molar-refractivity contribution is 7.97. The third-order valence-corrected chi connectivity index (χ3v) is 3.10. The van der Waals surface area contributed by atoms with E-state index in [0.29, 0.717) is 13.0 Å². The van der Waals surface area contributed by atoms with Gasteiger partial charge in [0.15, 0.2) is 0 Å². The van der Waals surface area contributed by atoms with Gasteiger partial charge < -0.3 is 9.47 Å². The molecule has 0 spiro atoms. The fourth-order valence-corrected chi connectivity index (χ4v) is 2.07. The molecule has 0 aliphatic heterocycles. The minimum Gasteiger partial charge on any atom is -0.494 e. The minimum atomic E-state index is -0.156. The van der Waals surface area contributed by atoms with Crippen LogP contribution in [-0.4, -0.2) is 33.1 Å². The first-order valence-electron chi connectivity index (χ1n) is 6.73. The lowest BCUT2D eigenvalue weighted by Crippen LogP contribution is -2.46. The predicted octanol–water partition coefficient (Wildman–Crippen LogP) is 2.06. The Morgan fingerprint density at radius 3 is 2.62 bits per heavy atom. The third kappa shape index (κ3) is 11.1. The van der Waals surface area contributed by atoms with Crippen molar-refractivity contribution in [2.24, 2.45) is 0 Å². The molecule has 21 heavy (non-hydrogen) atoms. The van der Waals surface area contributed by atoms with Gasteiger partial charge in [-0.25, -0.2) is 10.7 Å². The maximum Gasteiger partial charge on any atom is 0.305 e. The van der Waals surface area contributed by atoms with Crippen LogP contribution in [0.15, 0.2) is 24.3 Å². The fourth-order valence-electron chi connectivity index (χ4n) is 1.56. The highest BCUT2D eigenvalue weighted by Gasteiger charge is 2.00. The van der Waals surface area contributed by atoms with E-state index in [-0.39, 0.29) is 5.97 Å².